The Morgan fingerprint density at radius 3 is 2.81 bits per heavy atom. The largest absolute Gasteiger partial charge is 0.493 e. The molecular weight excluding hydrogens is 404 g/mol. The number of benzene rings is 2. The molecule has 0 aliphatic heterocycles. The SMILES string of the molecule is CNC(=O)Cc1ccc2nc(-c3cccc(OC)c3OCCn3ccnc3)cc(C)c2c1. The van der Waals surface area contributed by atoms with Crippen molar-refractivity contribution in [1.29, 1.82) is 0 Å². The second kappa shape index (κ2) is 9.51. The van der Waals surface area contributed by atoms with Gasteiger partial charge in [-0.25, -0.2) is 9.97 Å². The summed E-state index contributed by atoms with van der Waals surface area (Å²) in [4.78, 5) is 20.7. The molecule has 4 aromatic rings. The maximum absolute atomic E-state index is 11.7. The van der Waals surface area contributed by atoms with E-state index in [1.54, 1.807) is 26.7 Å². The third-order valence-electron chi connectivity index (χ3n) is 5.35. The number of carbonyl (C=O) groups excluding carboxylic acids is 1. The second-order valence-corrected chi connectivity index (χ2v) is 7.51. The number of methoxy groups -OCH3 is 1. The van der Waals surface area contributed by atoms with Crippen LogP contribution in [0, 0.1) is 6.92 Å². The molecule has 0 aliphatic carbocycles. The fraction of sp³-hybridized carbons (Fsp3) is 0.240. The van der Waals surface area contributed by atoms with Crippen molar-refractivity contribution in [3.05, 3.63) is 72.3 Å². The molecule has 0 atom stereocenters. The van der Waals surface area contributed by atoms with Crippen molar-refractivity contribution in [3.8, 4) is 22.8 Å². The zero-order valence-electron chi connectivity index (χ0n) is 18.5. The molecule has 0 fully saturated rings. The van der Waals surface area contributed by atoms with Gasteiger partial charge < -0.3 is 19.4 Å². The number of rotatable bonds is 8. The van der Waals surface area contributed by atoms with Crippen molar-refractivity contribution in [1.82, 2.24) is 19.9 Å². The Morgan fingerprint density at radius 2 is 2.06 bits per heavy atom. The van der Waals surface area contributed by atoms with Crippen LogP contribution in [0.5, 0.6) is 11.5 Å². The lowest BCUT2D eigenvalue weighted by atomic mass is 10.0. The monoisotopic (exact) mass is 430 g/mol. The van der Waals surface area contributed by atoms with Crippen LogP contribution in [0.2, 0.25) is 0 Å². The fourth-order valence-electron chi connectivity index (χ4n) is 3.66. The summed E-state index contributed by atoms with van der Waals surface area (Å²) in [7, 11) is 3.28. The standard InChI is InChI=1S/C25H26N4O3/c1-17-13-22(28-21-8-7-18(14-20(17)21)15-24(30)26-2)19-5-4-6-23(31-3)25(19)32-12-11-29-10-9-27-16-29/h4-10,13-14,16H,11-12,15H2,1-3H3,(H,26,30). The van der Waals surface area contributed by atoms with Gasteiger partial charge in [-0.2, -0.15) is 0 Å². The summed E-state index contributed by atoms with van der Waals surface area (Å²) in [6.45, 7) is 3.20. The first kappa shape index (κ1) is 21.4. The van der Waals surface area contributed by atoms with Gasteiger partial charge in [-0.05, 0) is 48.4 Å². The number of carbonyl (C=O) groups is 1. The number of imidazole rings is 1. The predicted octanol–water partition coefficient (Wildman–Crippen LogP) is 3.78. The molecule has 0 saturated carbocycles. The van der Waals surface area contributed by atoms with E-state index >= 15 is 0 Å². The third kappa shape index (κ3) is 4.56. The number of nitrogens with zero attached hydrogens (tertiary/aromatic N) is 3. The molecule has 2 aromatic carbocycles. The van der Waals surface area contributed by atoms with Crippen LogP contribution in [0.15, 0.2) is 61.2 Å². The van der Waals surface area contributed by atoms with E-state index in [1.165, 1.54) is 0 Å². The van der Waals surface area contributed by atoms with E-state index in [0.29, 0.717) is 31.1 Å². The molecule has 0 spiro atoms. The summed E-state index contributed by atoms with van der Waals surface area (Å²) in [5, 5.41) is 3.69. The van der Waals surface area contributed by atoms with Crippen LogP contribution < -0.4 is 14.8 Å². The van der Waals surface area contributed by atoms with E-state index in [1.807, 2.05) is 53.2 Å². The van der Waals surface area contributed by atoms with E-state index < -0.39 is 0 Å². The van der Waals surface area contributed by atoms with E-state index in [-0.39, 0.29) is 5.91 Å². The molecule has 0 saturated heterocycles. The topological polar surface area (TPSA) is 78.3 Å². The van der Waals surface area contributed by atoms with Gasteiger partial charge in [0.2, 0.25) is 5.91 Å². The third-order valence-corrected chi connectivity index (χ3v) is 5.35. The van der Waals surface area contributed by atoms with Crippen LogP contribution in [-0.2, 0) is 17.8 Å². The minimum Gasteiger partial charge on any atom is -0.493 e. The fourth-order valence-corrected chi connectivity index (χ4v) is 3.66. The number of hydrogen-bond acceptors (Lipinski definition) is 5. The summed E-state index contributed by atoms with van der Waals surface area (Å²) >= 11 is 0. The molecule has 1 amide bonds. The number of ether oxygens (including phenoxy) is 2. The normalized spacial score (nSPS) is 10.8. The molecular formula is C25H26N4O3. The number of hydrogen-bond donors (Lipinski definition) is 1. The molecule has 0 aliphatic rings. The van der Waals surface area contributed by atoms with E-state index in [9.17, 15) is 4.79 Å². The minimum absolute atomic E-state index is 0.0135. The van der Waals surface area contributed by atoms with Gasteiger partial charge in [-0.1, -0.05) is 12.1 Å². The number of para-hydroxylation sites is 1. The summed E-state index contributed by atoms with van der Waals surface area (Å²) in [5.41, 5.74) is 4.59. The molecule has 32 heavy (non-hydrogen) atoms. The molecule has 7 heteroatoms. The van der Waals surface area contributed by atoms with Crippen LogP contribution in [0.25, 0.3) is 22.2 Å². The Labute approximate surface area is 187 Å². The highest BCUT2D eigenvalue weighted by Crippen LogP contribution is 2.38. The summed E-state index contributed by atoms with van der Waals surface area (Å²) in [5.74, 6) is 1.31. The average molecular weight is 431 g/mol. The molecule has 0 unspecified atom stereocenters. The Kier molecular flexibility index (Phi) is 6.35. The average Bonchev–Trinajstić information content (AvgIpc) is 3.33. The maximum atomic E-state index is 11.7. The van der Waals surface area contributed by atoms with Gasteiger partial charge in [-0.3, -0.25) is 4.79 Å². The van der Waals surface area contributed by atoms with Crippen molar-refractivity contribution in [3.63, 3.8) is 0 Å². The molecule has 4 rings (SSSR count). The van der Waals surface area contributed by atoms with Crippen LogP contribution >= 0.6 is 0 Å². The molecule has 164 valence electrons. The highest BCUT2D eigenvalue weighted by Gasteiger charge is 2.15. The lowest BCUT2D eigenvalue weighted by Crippen LogP contribution is -2.19. The number of pyridine rings is 1. The van der Waals surface area contributed by atoms with Crippen LogP contribution in [0.4, 0.5) is 0 Å². The quantitative estimate of drug-likeness (QED) is 0.460. The minimum atomic E-state index is -0.0135. The zero-order chi connectivity index (χ0) is 22.5. The first-order valence-electron chi connectivity index (χ1n) is 10.5. The van der Waals surface area contributed by atoms with Gasteiger partial charge in [-0.15, -0.1) is 0 Å². The Morgan fingerprint density at radius 1 is 1.19 bits per heavy atom. The highest BCUT2D eigenvalue weighted by molar-refractivity contribution is 5.88. The number of fused-ring (bicyclic) bond motifs is 1. The molecule has 7 nitrogen and oxygen atoms in total. The van der Waals surface area contributed by atoms with Gasteiger partial charge in [0.1, 0.15) is 6.61 Å². The van der Waals surface area contributed by atoms with Gasteiger partial charge in [0, 0.05) is 30.4 Å². The van der Waals surface area contributed by atoms with E-state index in [0.717, 1.165) is 33.3 Å². The van der Waals surface area contributed by atoms with Crippen molar-refractivity contribution >= 4 is 16.8 Å². The van der Waals surface area contributed by atoms with Crippen LogP contribution in [0.1, 0.15) is 11.1 Å². The Bertz CT molecular complexity index is 1240. The van der Waals surface area contributed by atoms with E-state index in [4.69, 9.17) is 14.5 Å². The summed E-state index contributed by atoms with van der Waals surface area (Å²) < 4.78 is 13.7. The smallest absolute Gasteiger partial charge is 0.224 e. The molecule has 1 N–H and O–H groups in total. The summed E-state index contributed by atoms with van der Waals surface area (Å²) in [6.07, 6.45) is 5.76. The Balaban J connectivity index is 1.68. The van der Waals surface area contributed by atoms with Crippen molar-refractivity contribution in [2.45, 2.75) is 19.9 Å². The van der Waals surface area contributed by atoms with Crippen LogP contribution in [-0.4, -0.2) is 41.2 Å². The van der Waals surface area contributed by atoms with E-state index in [2.05, 4.69) is 17.2 Å². The molecule has 2 heterocycles. The molecule has 0 radical (unpaired) electrons. The number of likely N-dealkylation sites (N-methyl/N-ethyl adjacent to an activating group) is 1. The molecule has 0 bridgehead atoms. The molecule has 2 aromatic heterocycles. The lowest BCUT2D eigenvalue weighted by molar-refractivity contribution is -0.119. The predicted molar refractivity (Wildman–Crippen MR) is 124 cm³/mol. The van der Waals surface area contributed by atoms with Crippen molar-refractivity contribution < 1.29 is 14.3 Å². The zero-order valence-corrected chi connectivity index (χ0v) is 18.5. The number of aryl methyl sites for hydroxylation is 1. The first-order chi connectivity index (χ1) is 15.6. The van der Waals surface area contributed by atoms with Gasteiger partial charge >= 0.3 is 0 Å². The van der Waals surface area contributed by atoms with Gasteiger partial charge in [0.25, 0.3) is 0 Å². The first-order valence-corrected chi connectivity index (χ1v) is 10.5. The second-order valence-electron chi connectivity index (χ2n) is 7.51. The van der Waals surface area contributed by atoms with Crippen molar-refractivity contribution in [2.75, 3.05) is 20.8 Å². The number of nitrogens with one attached hydrogen (secondary N) is 1. The maximum Gasteiger partial charge on any atom is 0.224 e. The Hall–Kier alpha value is -3.87. The van der Waals surface area contributed by atoms with Gasteiger partial charge in [0.15, 0.2) is 11.5 Å². The highest BCUT2D eigenvalue weighted by atomic mass is 16.5. The number of aromatic nitrogens is 3. The lowest BCUT2D eigenvalue weighted by Gasteiger charge is -2.16. The van der Waals surface area contributed by atoms with Crippen molar-refractivity contribution in [2.24, 2.45) is 0 Å². The summed E-state index contributed by atoms with van der Waals surface area (Å²) in [6, 6.07) is 13.8. The van der Waals surface area contributed by atoms with Crippen LogP contribution in [0.3, 0.4) is 0 Å². The van der Waals surface area contributed by atoms with Gasteiger partial charge in [0.05, 0.1) is 37.6 Å². The number of amides is 1.